The highest BCUT2D eigenvalue weighted by Gasteiger charge is 2.46. The van der Waals surface area contributed by atoms with Gasteiger partial charge >= 0.3 is 0 Å². The van der Waals surface area contributed by atoms with E-state index in [4.69, 9.17) is 11.6 Å². The Morgan fingerprint density at radius 3 is 3.00 bits per heavy atom. The predicted octanol–water partition coefficient (Wildman–Crippen LogP) is -0.369. The average molecular weight is 191 g/mol. The Labute approximate surface area is 77.7 Å². The molecule has 0 radical (unpaired) electrons. The van der Waals surface area contributed by atoms with Crippen LogP contribution in [0.25, 0.3) is 0 Å². The van der Waals surface area contributed by atoms with E-state index < -0.39 is 0 Å². The third kappa shape index (κ3) is 1.16. The van der Waals surface area contributed by atoms with E-state index in [-0.39, 0.29) is 23.6 Å². The highest BCUT2D eigenvalue weighted by Crippen LogP contribution is 2.30. The van der Waals surface area contributed by atoms with Crippen LogP contribution in [0.3, 0.4) is 0 Å². The van der Waals surface area contributed by atoms with Crippen LogP contribution in [-0.4, -0.2) is 53.7 Å². The number of fused-ring (bicyclic) bond motifs is 1. The third-order valence-corrected chi connectivity index (χ3v) is 3.44. The van der Waals surface area contributed by atoms with Crippen molar-refractivity contribution < 1.29 is 5.11 Å². The van der Waals surface area contributed by atoms with Crippen LogP contribution in [-0.2, 0) is 0 Å². The fourth-order valence-corrected chi connectivity index (χ4v) is 2.90. The Kier molecular flexibility index (Phi) is 2.29. The van der Waals surface area contributed by atoms with Gasteiger partial charge in [0.25, 0.3) is 0 Å². The lowest BCUT2D eigenvalue weighted by Gasteiger charge is -2.23. The molecule has 0 aromatic rings. The van der Waals surface area contributed by atoms with Crippen molar-refractivity contribution in [3.05, 3.63) is 0 Å². The maximum atomic E-state index is 9.68. The van der Waals surface area contributed by atoms with Gasteiger partial charge in [0.1, 0.15) is 0 Å². The molecule has 0 aliphatic carbocycles. The Morgan fingerprint density at radius 1 is 1.58 bits per heavy atom. The lowest BCUT2D eigenvalue weighted by molar-refractivity contribution is 0.123. The van der Waals surface area contributed by atoms with Crippen LogP contribution in [0.5, 0.6) is 0 Å². The van der Waals surface area contributed by atoms with E-state index in [2.05, 4.69) is 10.2 Å². The topological polar surface area (TPSA) is 35.5 Å². The molecule has 0 aromatic heterocycles. The minimum absolute atomic E-state index is 0.148. The second kappa shape index (κ2) is 3.14. The minimum atomic E-state index is -0.189. The van der Waals surface area contributed by atoms with E-state index in [1.165, 1.54) is 0 Å². The first-order chi connectivity index (χ1) is 5.74. The maximum absolute atomic E-state index is 9.68. The molecule has 2 aliphatic heterocycles. The van der Waals surface area contributed by atoms with Crippen molar-refractivity contribution in [1.82, 2.24) is 10.2 Å². The normalized spacial score (nSPS) is 48.2. The molecular weight excluding hydrogens is 176 g/mol. The molecule has 0 spiro atoms. The minimum Gasteiger partial charge on any atom is -0.391 e. The summed E-state index contributed by atoms with van der Waals surface area (Å²) >= 11 is 6.13. The molecule has 4 atom stereocenters. The summed E-state index contributed by atoms with van der Waals surface area (Å²) < 4.78 is 0. The van der Waals surface area contributed by atoms with Crippen LogP contribution < -0.4 is 5.32 Å². The van der Waals surface area contributed by atoms with Crippen molar-refractivity contribution >= 4 is 11.6 Å². The molecule has 3 nitrogen and oxygen atoms in total. The van der Waals surface area contributed by atoms with Crippen LogP contribution in [0.2, 0.25) is 0 Å². The van der Waals surface area contributed by atoms with Gasteiger partial charge in [-0.25, -0.2) is 0 Å². The number of hydrogen-bond acceptors (Lipinski definition) is 3. The molecule has 0 aromatic carbocycles. The van der Waals surface area contributed by atoms with Crippen molar-refractivity contribution in [1.29, 1.82) is 0 Å². The molecule has 70 valence electrons. The van der Waals surface area contributed by atoms with Crippen molar-refractivity contribution in [3.63, 3.8) is 0 Å². The summed E-state index contributed by atoms with van der Waals surface area (Å²) in [5, 5.41) is 13.0. The lowest BCUT2D eigenvalue weighted by Crippen LogP contribution is -2.45. The molecule has 2 N–H and O–H groups in total. The lowest BCUT2D eigenvalue weighted by atomic mass is 10.0. The van der Waals surface area contributed by atoms with Gasteiger partial charge in [-0.3, -0.25) is 4.90 Å². The van der Waals surface area contributed by atoms with Gasteiger partial charge in [0.05, 0.1) is 17.5 Å². The molecular formula is C8H15ClN2O. The zero-order chi connectivity index (χ0) is 8.72. The monoisotopic (exact) mass is 190 g/mol. The van der Waals surface area contributed by atoms with Gasteiger partial charge in [-0.1, -0.05) is 0 Å². The van der Waals surface area contributed by atoms with E-state index in [0.29, 0.717) is 0 Å². The number of aliphatic hydroxyl groups excluding tert-OH is 1. The van der Waals surface area contributed by atoms with Gasteiger partial charge in [0.15, 0.2) is 0 Å². The Morgan fingerprint density at radius 2 is 2.33 bits per heavy atom. The molecule has 2 unspecified atom stereocenters. The van der Waals surface area contributed by atoms with Crippen molar-refractivity contribution in [3.8, 4) is 0 Å². The molecule has 12 heavy (non-hydrogen) atoms. The maximum Gasteiger partial charge on any atom is 0.0723 e. The SMILES string of the molecule is CNC1C(Cl)CN2CC[C@@H](O)[C@@H]12. The van der Waals surface area contributed by atoms with Gasteiger partial charge in [0, 0.05) is 19.1 Å². The van der Waals surface area contributed by atoms with Gasteiger partial charge in [-0.15, -0.1) is 11.6 Å². The molecule has 2 rings (SSSR count). The van der Waals surface area contributed by atoms with Crippen LogP contribution in [0.4, 0.5) is 0 Å². The second-order valence-electron chi connectivity index (χ2n) is 3.67. The summed E-state index contributed by atoms with van der Waals surface area (Å²) in [5.41, 5.74) is 0. The van der Waals surface area contributed by atoms with Gasteiger partial charge in [-0.05, 0) is 13.5 Å². The molecule has 0 bridgehead atoms. The summed E-state index contributed by atoms with van der Waals surface area (Å²) in [7, 11) is 1.91. The number of hydrogen-bond donors (Lipinski definition) is 2. The molecule has 4 heteroatoms. The second-order valence-corrected chi connectivity index (χ2v) is 4.23. The van der Waals surface area contributed by atoms with Crippen LogP contribution >= 0.6 is 11.6 Å². The van der Waals surface area contributed by atoms with E-state index in [0.717, 1.165) is 19.5 Å². The Hall–Kier alpha value is 0.170. The summed E-state index contributed by atoms with van der Waals surface area (Å²) in [6.45, 7) is 1.90. The third-order valence-electron chi connectivity index (χ3n) is 3.03. The molecule has 2 heterocycles. The molecule has 2 aliphatic rings. The average Bonchev–Trinajstić information content (AvgIpc) is 2.52. The number of likely N-dealkylation sites (N-methyl/N-ethyl adjacent to an activating group) is 1. The smallest absolute Gasteiger partial charge is 0.0723 e. The molecule has 0 amide bonds. The highest BCUT2D eigenvalue weighted by molar-refractivity contribution is 6.21. The predicted molar refractivity (Wildman–Crippen MR) is 48.5 cm³/mol. The molecule has 0 saturated carbocycles. The van der Waals surface area contributed by atoms with E-state index in [1.807, 2.05) is 7.05 Å². The quantitative estimate of drug-likeness (QED) is 0.554. The first-order valence-corrected chi connectivity index (χ1v) is 4.91. The van der Waals surface area contributed by atoms with E-state index >= 15 is 0 Å². The van der Waals surface area contributed by atoms with Crippen molar-refractivity contribution in [2.45, 2.75) is 30.0 Å². The summed E-state index contributed by atoms with van der Waals surface area (Å²) in [4.78, 5) is 2.28. The van der Waals surface area contributed by atoms with Gasteiger partial charge < -0.3 is 10.4 Å². The molecule has 2 saturated heterocycles. The zero-order valence-electron chi connectivity index (χ0n) is 7.20. The summed E-state index contributed by atoms with van der Waals surface area (Å²) in [5.74, 6) is 0. The largest absolute Gasteiger partial charge is 0.391 e. The van der Waals surface area contributed by atoms with Crippen molar-refractivity contribution in [2.24, 2.45) is 0 Å². The van der Waals surface area contributed by atoms with Crippen LogP contribution in [0.1, 0.15) is 6.42 Å². The first kappa shape index (κ1) is 8.75. The number of aliphatic hydroxyl groups is 1. The van der Waals surface area contributed by atoms with E-state index in [1.54, 1.807) is 0 Å². The number of rotatable bonds is 1. The number of alkyl halides is 1. The molecule has 2 fully saturated rings. The fraction of sp³-hybridized carbons (Fsp3) is 1.00. The van der Waals surface area contributed by atoms with Gasteiger partial charge in [0.2, 0.25) is 0 Å². The van der Waals surface area contributed by atoms with Crippen LogP contribution in [0, 0.1) is 0 Å². The number of nitrogens with one attached hydrogen (secondary N) is 1. The Bertz CT molecular complexity index is 178. The van der Waals surface area contributed by atoms with E-state index in [9.17, 15) is 5.11 Å². The van der Waals surface area contributed by atoms with Crippen LogP contribution in [0.15, 0.2) is 0 Å². The fourth-order valence-electron chi connectivity index (χ4n) is 2.44. The summed E-state index contributed by atoms with van der Waals surface area (Å²) in [6, 6.07) is 0.502. The summed E-state index contributed by atoms with van der Waals surface area (Å²) in [6.07, 6.45) is 0.707. The first-order valence-electron chi connectivity index (χ1n) is 4.47. The van der Waals surface area contributed by atoms with Gasteiger partial charge in [-0.2, -0.15) is 0 Å². The Balaban J connectivity index is 2.12. The van der Waals surface area contributed by atoms with Crippen molar-refractivity contribution in [2.75, 3.05) is 20.1 Å². The number of nitrogens with zero attached hydrogens (tertiary/aromatic N) is 1. The highest BCUT2D eigenvalue weighted by atomic mass is 35.5. The zero-order valence-corrected chi connectivity index (χ0v) is 7.96. The number of halogens is 1. The standard InChI is InChI=1S/C8H15ClN2O/c1-10-7-5(9)4-11-3-2-6(12)8(7)11/h5-8,10,12H,2-4H2,1H3/t5?,6-,7?,8+/m1/s1.